The van der Waals surface area contributed by atoms with Crippen molar-refractivity contribution in [3.8, 4) is 17.0 Å². The first kappa shape index (κ1) is 15.4. The maximum atomic E-state index is 12.5. The molecule has 0 radical (unpaired) electrons. The summed E-state index contributed by atoms with van der Waals surface area (Å²) in [6.45, 7) is 1.28. The van der Waals surface area contributed by atoms with Crippen LogP contribution in [0.5, 0.6) is 5.75 Å². The highest BCUT2D eigenvalue weighted by molar-refractivity contribution is 5.94. The third-order valence-corrected chi connectivity index (χ3v) is 4.44. The Balaban J connectivity index is 1.40. The Morgan fingerprint density at radius 1 is 1.08 bits per heavy atom. The minimum Gasteiger partial charge on any atom is -0.497 e. The van der Waals surface area contributed by atoms with Crippen LogP contribution in [0.15, 0.2) is 60.8 Å². The van der Waals surface area contributed by atoms with Crippen molar-refractivity contribution in [1.29, 1.82) is 0 Å². The van der Waals surface area contributed by atoms with E-state index >= 15 is 0 Å². The highest BCUT2D eigenvalue weighted by atomic mass is 16.5. The lowest BCUT2D eigenvalue weighted by Crippen LogP contribution is -2.50. The molecule has 1 saturated heterocycles. The van der Waals surface area contributed by atoms with Crippen LogP contribution in [-0.2, 0) is 0 Å². The molecule has 6 nitrogen and oxygen atoms in total. The number of carbonyl (C=O) groups excluding carboxylic acids is 1. The van der Waals surface area contributed by atoms with Gasteiger partial charge in [-0.3, -0.25) is 4.79 Å². The summed E-state index contributed by atoms with van der Waals surface area (Å²) < 4.78 is 6.97. The van der Waals surface area contributed by atoms with Crippen LogP contribution in [0, 0.1) is 0 Å². The highest BCUT2D eigenvalue weighted by Crippen LogP contribution is 2.25. The van der Waals surface area contributed by atoms with E-state index in [0.29, 0.717) is 18.7 Å². The van der Waals surface area contributed by atoms with Crippen molar-refractivity contribution in [2.75, 3.05) is 20.2 Å². The zero-order chi connectivity index (χ0) is 17.2. The van der Waals surface area contributed by atoms with E-state index in [1.165, 1.54) is 0 Å². The fourth-order valence-corrected chi connectivity index (χ4v) is 2.90. The van der Waals surface area contributed by atoms with Gasteiger partial charge >= 0.3 is 0 Å². The van der Waals surface area contributed by atoms with Crippen LogP contribution in [0.2, 0.25) is 0 Å². The van der Waals surface area contributed by atoms with Gasteiger partial charge in [0.2, 0.25) is 0 Å². The molecule has 2 heterocycles. The second kappa shape index (κ2) is 6.39. The fourth-order valence-electron chi connectivity index (χ4n) is 2.90. The lowest BCUT2D eigenvalue weighted by atomic mass is 10.1. The van der Waals surface area contributed by atoms with E-state index in [1.807, 2.05) is 46.1 Å². The van der Waals surface area contributed by atoms with Crippen molar-refractivity contribution >= 4 is 5.91 Å². The van der Waals surface area contributed by atoms with Gasteiger partial charge in [-0.25, -0.2) is 4.68 Å². The molecule has 25 heavy (non-hydrogen) atoms. The van der Waals surface area contributed by atoms with Crippen LogP contribution in [0.4, 0.5) is 0 Å². The second-order valence-electron chi connectivity index (χ2n) is 6.04. The SMILES string of the molecule is COc1ccc(C(=O)N2CC(n3cc(-c4ccccc4)nn3)C2)cc1. The summed E-state index contributed by atoms with van der Waals surface area (Å²) in [6.07, 6.45) is 1.94. The number of likely N-dealkylation sites (tertiary alicyclic amines) is 1. The number of hydrogen-bond donors (Lipinski definition) is 0. The molecular formula is C19H18N4O2. The second-order valence-corrected chi connectivity index (χ2v) is 6.04. The average molecular weight is 334 g/mol. The van der Waals surface area contributed by atoms with Crippen LogP contribution in [-0.4, -0.2) is 46.0 Å². The number of methoxy groups -OCH3 is 1. The number of nitrogens with zero attached hydrogens (tertiary/aromatic N) is 4. The quantitative estimate of drug-likeness (QED) is 0.736. The minimum atomic E-state index is 0.0299. The Kier molecular flexibility index (Phi) is 3.93. The molecule has 1 aliphatic rings. The Morgan fingerprint density at radius 2 is 1.80 bits per heavy atom. The predicted octanol–water partition coefficient (Wildman–Crippen LogP) is 2.65. The van der Waals surface area contributed by atoms with Crippen molar-refractivity contribution in [3.05, 3.63) is 66.4 Å². The number of rotatable bonds is 4. The lowest BCUT2D eigenvalue weighted by Gasteiger charge is -2.38. The molecule has 0 aliphatic carbocycles. The number of amides is 1. The van der Waals surface area contributed by atoms with E-state index in [2.05, 4.69) is 10.3 Å². The van der Waals surface area contributed by atoms with E-state index in [4.69, 9.17) is 4.74 Å². The molecule has 0 spiro atoms. The Bertz CT molecular complexity index is 868. The molecular weight excluding hydrogens is 316 g/mol. The van der Waals surface area contributed by atoms with E-state index in [0.717, 1.165) is 17.0 Å². The zero-order valence-electron chi connectivity index (χ0n) is 13.9. The largest absolute Gasteiger partial charge is 0.497 e. The molecule has 1 amide bonds. The van der Waals surface area contributed by atoms with E-state index in [-0.39, 0.29) is 11.9 Å². The van der Waals surface area contributed by atoms with Gasteiger partial charge in [-0.05, 0) is 24.3 Å². The predicted molar refractivity (Wildman–Crippen MR) is 93.4 cm³/mol. The van der Waals surface area contributed by atoms with Gasteiger partial charge in [0.15, 0.2) is 0 Å². The van der Waals surface area contributed by atoms with Crippen LogP contribution in [0.25, 0.3) is 11.3 Å². The van der Waals surface area contributed by atoms with Crippen molar-refractivity contribution < 1.29 is 9.53 Å². The number of ether oxygens (including phenoxy) is 1. The van der Waals surface area contributed by atoms with Crippen LogP contribution in [0.3, 0.4) is 0 Å². The molecule has 0 saturated carbocycles. The summed E-state index contributed by atoms with van der Waals surface area (Å²) in [6, 6.07) is 17.3. The van der Waals surface area contributed by atoms with E-state index in [1.54, 1.807) is 31.4 Å². The van der Waals surface area contributed by atoms with Crippen molar-refractivity contribution in [3.63, 3.8) is 0 Å². The van der Waals surface area contributed by atoms with Crippen molar-refractivity contribution in [2.45, 2.75) is 6.04 Å². The van der Waals surface area contributed by atoms with Gasteiger partial charge in [-0.15, -0.1) is 5.10 Å². The monoisotopic (exact) mass is 334 g/mol. The standard InChI is InChI=1S/C19H18N4O2/c1-25-17-9-7-15(8-10-17)19(24)22-11-16(12-22)23-13-18(20-21-23)14-5-3-2-4-6-14/h2-10,13,16H,11-12H2,1H3. The van der Waals surface area contributed by atoms with Crippen LogP contribution < -0.4 is 4.74 Å². The minimum absolute atomic E-state index is 0.0299. The Labute approximate surface area is 145 Å². The smallest absolute Gasteiger partial charge is 0.254 e. The zero-order valence-corrected chi connectivity index (χ0v) is 13.9. The molecule has 126 valence electrons. The molecule has 0 N–H and O–H groups in total. The van der Waals surface area contributed by atoms with Gasteiger partial charge in [0.05, 0.1) is 19.3 Å². The molecule has 6 heteroatoms. The third kappa shape index (κ3) is 2.98. The Hall–Kier alpha value is -3.15. The maximum Gasteiger partial charge on any atom is 0.254 e. The summed E-state index contributed by atoms with van der Waals surface area (Å²) in [5.74, 6) is 0.774. The molecule has 0 unspecified atom stereocenters. The number of hydrogen-bond acceptors (Lipinski definition) is 4. The van der Waals surface area contributed by atoms with Gasteiger partial charge in [0.25, 0.3) is 5.91 Å². The molecule has 1 aliphatic heterocycles. The van der Waals surface area contributed by atoms with Gasteiger partial charge in [-0.2, -0.15) is 0 Å². The van der Waals surface area contributed by atoms with Gasteiger partial charge in [0.1, 0.15) is 11.4 Å². The Morgan fingerprint density at radius 3 is 2.48 bits per heavy atom. The summed E-state index contributed by atoms with van der Waals surface area (Å²) in [4.78, 5) is 14.3. The maximum absolute atomic E-state index is 12.5. The average Bonchev–Trinajstić information content (AvgIpc) is 3.11. The normalized spacial score (nSPS) is 14.2. The molecule has 2 aromatic carbocycles. The van der Waals surface area contributed by atoms with Crippen molar-refractivity contribution in [1.82, 2.24) is 19.9 Å². The first-order chi connectivity index (χ1) is 12.2. The number of benzene rings is 2. The summed E-state index contributed by atoms with van der Waals surface area (Å²) in [7, 11) is 1.61. The van der Waals surface area contributed by atoms with Gasteiger partial charge in [-0.1, -0.05) is 35.5 Å². The summed E-state index contributed by atoms with van der Waals surface area (Å²) in [5.41, 5.74) is 2.56. The highest BCUT2D eigenvalue weighted by Gasteiger charge is 2.33. The van der Waals surface area contributed by atoms with E-state index < -0.39 is 0 Å². The van der Waals surface area contributed by atoms with Crippen LogP contribution in [0.1, 0.15) is 16.4 Å². The van der Waals surface area contributed by atoms with Gasteiger partial charge < -0.3 is 9.64 Å². The number of aromatic nitrogens is 3. The van der Waals surface area contributed by atoms with E-state index in [9.17, 15) is 4.79 Å². The molecule has 1 fully saturated rings. The lowest BCUT2D eigenvalue weighted by molar-refractivity contribution is 0.0498. The fraction of sp³-hybridized carbons (Fsp3) is 0.211. The van der Waals surface area contributed by atoms with Crippen molar-refractivity contribution in [2.24, 2.45) is 0 Å². The molecule has 0 bridgehead atoms. The molecule has 4 rings (SSSR count). The topological polar surface area (TPSA) is 60.2 Å². The molecule has 0 atom stereocenters. The first-order valence-electron chi connectivity index (χ1n) is 8.15. The first-order valence-corrected chi connectivity index (χ1v) is 8.15. The third-order valence-electron chi connectivity index (χ3n) is 4.44. The summed E-state index contributed by atoms with van der Waals surface area (Å²) >= 11 is 0. The molecule has 1 aromatic heterocycles. The molecule has 3 aromatic rings. The van der Waals surface area contributed by atoms with Gasteiger partial charge in [0, 0.05) is 24.2 Å². The summed E-state index contributed by atoms with van der Waals surface area (Å²) in [5, 5.41) is 8.45. The number of carbonyl (C=O) groups is 1. The van der Waals surface area contributed by atoms with Crippen LogP contribution >= 0.6 is 0 Å².